The molecule has 6 nitrogen and oxygen atoms in total. The summed E-state index contributed by atoms with van der Waals surface area (Å²) in [5.41, 5.74) is 2.21. The molecular formula is C16H21N5O. The Morgan fingerprint density at radius 1 is 1.27 bits per heavy atom. The maximum absolute atomic E-state index is 12.2. The number of rotatable bonds is 6. The second kappa shape index (κ2) is 7.49. The molecule has 0 bridgehead atoms. The van der Waals surface area contributed by atoms with E-state index in [2.05, 4.69) is 25.6 Å². The fraction of sp³-hybridized carbons (Fsp3) is 0.375. The van der Waals surface area contributed by atoms with Gasteiger partial charge < -0.3 is 10.6 Å². The summed E-state index contributed by atoms with van der Waals surface area (Å²) in [5.74, 6) is 0.276. The van der Waals surface area contributed by atoms with Crippen LogP contribution in [0, 0.1) is 6.92 Å². The van der Waals surface area contributed by atoms with Gasteiger partial charge in [-0.1, -0.05) is 6.92 Å². The molecule has 116 valence electrons. The van der Waals surface area contributed by atoms with Crippen LogP contribution >= 0.6 is 0 Å². The van der Waals surface area contributed by atoms with Crippen LogP contribution in [0.25, 0.3) is 0 Å². The van der Waals surface area contributed by atoms with Gasteiger partial charge in [0.15, 0.2) is 0 Å². The van der Waals surface area contributed by atoms with Crippen molar-refractivity contribution in [2.45, 2.75) is 39.8 Å². The van der Waals surface area contributed by atoms with E-state index < -0.39 is 0 Å². The first-order valence-electron chi connectivity index (χ1n) is 7.37. The molecule has 0 aliphatic rings. The molecule has 0 spiro atoms. The van der Waals surface area contributed by atoms with Crippen molar-refractivity contribution in [3.8, 4) is 0 Å². The molecular weight excluding hydrogens is 278 g/mol. The second-order valence-corrected chi connectivity index (χ2v) is 5.21. The van der Waals surface area contributed by atoms with Gasteiger partial charge in [-0.15, -0.1) is 0 Å². The molecule has 2 heterocycles. The summed E-state index contributed by atoms with van der Waals surface area (Å²) in [6.45, 7) is 6.42. The molecule has 2 N–H and O–H groups in total. The zero-order valence-electron chi connectivity index (χ0n) is 13.1. The molecule has 2 aromatic heterocycles. The van der Waals surface area contributed by atoms with Crippen molar-refractivity contribution >= 4 is 11.9 Å². The summed E-state index contributed by atoms with van der Waals surface area (Å²) in [7, 11) is 0. The standard InChI is InChI=1S/C16H21N5O/c1-4-11(2)19-15(22)14-9-12(3)20-16(21-14)18-10-13-5-7-17-8-6-13/h5-9,11H,4,10H2,1-3H3,(H,19,22)(H,18,20,21). The molecule has 1 unspecified atom stereocenters. The molecule has 0 saturated carbocycles. The summed E-state index contributed by atoms with van der Waals surface area (Å²) in [5, 5.41) is 6.04. The van der Waals surface area contributed by atoms with Crippen LogP contribution in [0.4, 0.5) is 5.95 Å². The van der Waals surface area contributed by atoms with Gasteiger partial charge in [-0.2, -0.15) is 0 Å². The Labute approximate surface area is 130 Å². The Kier molecular flexibility index (Phi) is 5.41. The Balaban J connectivity index is 2.08. The highest BCUT2D eigenvalue weighted by Gasteiger charge is 2.12. The monoisotopic (exact) mass is 299 g/mol. The molecule has 6 heteroatoms. The molecule has 0 aromatic carbocycles. The number of nitrogens with one attached hydrogen (secondary N) is 2. The summed E-state index contributed by atoms with van der Waals surface area (Å²) >= 11 is 0. The highest BCUT2D eigenvalue weighted by atomic mass is 16.1. The van der Waals surface area contributed by atoms with E-state index in [9.17, 15) is 4.79 Å². The average Bonchev–Trinajstić information content (AvgIpc) is 2.53. The topological polar surface area (TPSA) is 79.8 Å². The fourth-order valence-electron chi connectivity index (χ4n) is 1.85. The van der Waals surface area contributed by atoms with Gasteiger partial charge in [-0.05, 0) is 44.0 Å². The van der Waals surface area contributed by atoms with Crippen LogP contribution in [0.15, 0.2) is 30.6 Å². The molecule has 2 rings (SSSR count). The van der Waals surface area contributed by atoms with Crippen LogP contribution in [0.2, 0.25) is 0 Å². The zero-order valence-corrected chi connectivity index (χ0v) is 13.1. The lowest BCUT2D eigenvalue weighted by Crippen LogP contribution is -2.32. The molecule has 0 fully saturated rings. The Hall–Kier alpha value is -2.50. The summed E-state index contributed by atoms with van der Waals surface area (Å²) in [6.07, 6.45) is 4.35. The number of nitrogens with zero attached hydrogens (tertiary/aromatic N) is 3. The van der Waals surface area contributed by atoms with Crippen LogP contribution in [0.5, 0.6) is 0 Å². The van der Waals surface area contributed by atoms with Crippen LogP contribution in [0.1, 0.15) is 42.0 Å². The van der Waals surface area contributed by atoms with Crippen LogP contribution < -0.4 is 10.6 Å². The third kappa shape index (κ3) is 4.51. The van der Waals surface area contributed by atoms with Crippen LogP contribution in [-0.2, 0) is 6.54 Å². The van der Waals surface area contributed by atoms with Gasteiger partial charge in [-0.25, -0.2) is 9.97 Å². The minimum atomic E-state index is -0.174. The predicted octanol–water partition coefficient (Wildman–Crippen LogP) is 2.32. The number of carbonyl (C=O) groups is 1. The van der Waals surface area contributed by atoms with E-state index in [0.29, 0.717) is 18.2 Å². The highest BCUT2D eigenvalue weighted by Crippen LogP contribution is 2.07. The minimum absolute atomic E-state index is 0.121. The van der Waals surface area contributed by atoms with Gasteiger partial charge in [0.05, 0.1) is 0 Å². The number of anilines is 1. The summed E-state index contributed by atoms with van der Waals surface area (Å²) in [6, 6.07) is 5.64. The SMILES string of the molecule is CCC(C)NC(=O)c1cc(C)nc(NCc2ccncc2)n1. The predicted molar refractivity (Wildman–Crippen MR) is 85.6 cm³/mol. The van der Waals surface area contributed by atoms with E-state index in [-0.39, 0.29) is 11.9 Å². The largest absolute Gasteiger partial charge is 0.350 e. The van der Waals surface area contributed by atoms with Gasteiger partial charge in [0, 0.05) is 30.7 Å². The van der Waals surface area contributed by atoms with E-state index in [1.165, 1.54) is 0 Å². The fourth-order valence-corrected chi connectivity index (χ4v) is 1.85. The number of pyridine rings is 1. The quantitative estimate of drug-likeness (QED) is 0.855. The molecule has 0 saturated heterocycles. The third-order valence-corrected chi connectivity index (χ3v) is 3.28. The van der Waals surface area contributed by atoms with Gasteiger partial charge in [0.2, 0.25) is 5.95 Å². The number of hydrogen-bond donors (Lipinski definition) is 2. The van der Waals surface area contributed by atoms with E-state index >= 15 is 0 Å². The lowest BCUT2D eigenvalue weighted by Gasteiger charge is -2.12. The lowest BCUT2D eigenvalue weighted by molar-refractivity contribution is 0.0934. The number of carbonyl (C=O) groups excluding carboxylic acids is 1. The van der Waals surface area contributed by atoms with Crippen molar-refractivity contribution in [2.75, 3.05) is 5.32 Å². The number of amides is 1. The molecule has 1 atom stereocenters. The maximum Gasteiger partial charge on any atom is 0.270 e. The van der Waals surface area contributed by atoms with E-state index in [1.807, 2.05) is 32.9 Å². The number of hydrogen-bond acceptors (Lipinski definition) is 5. The molecule has 0 radical (unpaired) electrons. The number of aryl methyl sites for hydroxylation is 1. The Morgan fingerprint density at radius 2 is 2.00 bits per heavy atom. The van der Waals surface area contributed by atoms with Crippen molar-refractivity contribution in [1.82, 2.24) is 20.3 Å². The van der Waals surface area contributed by atoms with Crippen molar-refractivity contribution in [1.29, 1.82) is 0 Å². The minimum Gasteiger partial charge on any atom is -0.350 e. The molecule has 0 aliphatic carbocycles. The first-order valence-corrected chi connectivity index (χ1v) is 7.37. The second-order valence-electron chi connectivity index (χ2n) is 5.21. The molecule has 1 amide bonds. The van der Waals surface area contributed by atoms with Crippen molar-refractivity contribution in [3.05, 3.63) is 47.5 Å². The highest BCUT2D eigenvalue weighted by molar-refractivity contribution is 5.92. The normalized spacial score (nSPS) is 11.8. The van der Waals surface area contributed by atoms with E-state index in [0.717, 1.165) is 17.7 Å². The first-order chi connectivity index (χ1) is 10.6. The van der Waals surface area contributed by atoms with Crippen molar-refractivity contribution in [2.24, 2.45) is 0 Å². The first kappa shape index (κ1) is 15.9. The maximum atomic E-state index is 12.2. The molecule has 0 aliphatic heterocycles. The lowest BCUT2D eigenvalue weighted by atomic mass is 10.2. The average molecular weight is 299 g/mol. The number of aromatic nitrogens is 3. The van der Waals surface area contributed by atoms with Gasteiger partial charge >= 0.3 is 0 Å². The van der Waals surface area contributed by atoms with Crippen LogP contribution in [-0.4, -0.2) is 26.9 Å². The smallest absolute Gasteiger partial charge is 0.270 e. The van der Waals surface area contributed by atoms with Gasteiger partial charge in [-0.3, -0.25) is 9.78 Å². The van der Waals surface area contributed by atoms with Crippen LogP contribution in [0.3, 0.4) is 0 Å². The summed E-state index contributed by atoms with van der Waals surface area (Å²) in [4.78, 5) is 24.7. The third-order valence-electron chi connectivity index (χ3n) is 3.28. The summed E-state index contributed by atoms with van der Waals surface area (Å²) < 4.78 is 0. The van der Waals surface area contributed by atoms with Gasteiger partial charge in [0.25, 0.3) is 5.91 Å². The van der Waals surface area contributed by atoms with E-state index in [1.54, 1.807) is 18.5 Å². The molecule has 22 heavy (non-hydrogen) atoms. The van der Waals surface area contributed by atoms with Crippen molar-refractivity contribution in [3.63, 3.8) is 0 Å². The zero-order chi connectivity index (χ0) is 15.9. The molecule has 2 aromatic rings. The van der Waals surface area contributed by atoms with Crippen molar-refractivity contribution < 1.29 is 4.79 Å². The Morgan fingerprint density at radius 3 is 2.68 bits per heavy atom. The Bertz CT molecular complexity index is 630. The van der Waals surface area contributed by atoms with Gasteiger partial charge in [0.1, 0.15) is 5.69 Å². The van der Waals surface area contributed by atoms with E-state index in [4.69, 9.17) is 0 Å².